The van der Waals surface area contributed by atoms with E-state index in [-0.39, 0.29) is 11.8 Å². The van der Waals surface area contributed by atoms with E-state index in [1.165, 1.54) is 0 Å². The fraction of sp³-hybridized carbons (Fsp3) is 0.308. The molecular weight excluding hydrogens is 258 g/mol. The zero-order chi connectivity index (χ0) is 14.7. The second kappa shape index (κ2) is 5.60. The normalized spacial score (nSPS) is 12.3. The highest BCUT2D eigenvalue weighted by Crippen LogP contribution is 2.14. The lowest BCUT2D eigenvalue weighted by Crippen LogP contribution is -2.49. The van der Waals surface area contributed by atoms with E-state index >= 15 is 0 Å². The Kier molecular flexibility index (Phi) is 3.88. The number of fused-ring (bicyclic) bond motifs is 1. The minimum atomic E-state index is -0.733. The van der Waals surface area contributed by atoms with Crippen molar-refractivity contribution in [2.45, 2.75) is 19.9 Å². The van der Waals surface area contributed by atoms with Gasteiger partial charge in [0.05, 0.1) is 11.0 Å². The van der Waals surface area contributed by atoms with E-state index in [4.69, 9.17) is 5.73 Å². The number of hydrogen-bond acceptors (Lipinski definition) is 3. The number of carbonyl (C=O) groups excluding carboxylic acids is 2. The van der Waals surface area contributed by atoms with Crippen molar-refractivity contribution in [1.82, 2.24) is 15.3 Å². The number of H-pyrrole nitrogens is 1. The van der Waals surface area contributed by atoms with Crippen molar-refractivity contribution >= 4 is 28.9 Å². The molecule has 5 N–H and O–H groups in total. The number of nitrogens with two attached hydrogens (primary N) is 1. The average molecular weight is 275 g/mol. The third-order valence-electron chi connectivity index (χ3n) is 2.88. The molecule has 0 saturated carbocycles. The van der Waals surface area contributed by atoms with Gasteiger partial charge in [-0.3, -0.25) is 10.1 Å². The number of imidazole rings is 1. The molecule has 7 heteroatoms. The summed E-state index contributed by atoms with van der Waals surface area (Å²) >= 11 is 0. The number of rotatable bonds is 4. The number of hydrogen-bond donors (Lipinski definition) is 4. The van der Waals surface area contributed by atoms with Crippen LogP contribution in [-0.4, -0.2) is 27.9 Å². The van der Waals surface area contributed by atoms with Gasteiger partial charge in [-0.1, -0.05) is 26.0 Å². The molecule has 7 nitrogen and oxygen atoms in total. The van der Waals surface area contributed by atoms with E-state index in [0.29, 0.717) is 5.95 Å². The lowest BCUT2D eigenvalue weighted by atomic mass is 10.0. The molecular formula is C13H17N5O2. The molecule has 1 aromatic heterocycles. The number of benzene rings is 1. The van der Waals surface area contributed by atoms with Gasteiger partial charge in [-0.25, -0.2) is 9.78 Å². The minimum Gasteiger partial charge on any atom is -0.352 e. The summed E-state index contributed by atoms with van der Waals surface area (Å²) in [5.74, 6) is -0.113. The van der Waals surface area contributed by atoms with Crippen LogP contribution < -0.4 is 16.4 Å². The smallest absolute Gasteiger partial charge is 0.312 e. The third-order valence-corrected chi connectivity index (χ3v) is 2.88. The molecule has 1 heterocycles. The van der Waals surface area contributed by atoms with Crippen molar-refractivity contribution in [2.75, 3.05) is 5.32 Å². The van der Waals surface area contributed by atoms with Gasteiger partial charge >= 0.3 is 6.03 Å². The zero-order valence-electron chi connectivity index (χ0n) is 11.3. The summed E-state index contributed by atoms with van der Waals surface area (Å²) in [6, 6.07) is 5.99. The molecule has 1 unspecified atom stereocenters. The number of nitrogens with one attached hydrogen (secondary N) is 3. The molecule has 0 saturated heterocycles. The summed E-state index contributed by atoms with van der Waals surface area (Å²) in [4.78, 5) is 30.3. The van der Waals surface area contributed by atoms with Gasteiger partial charge in [-0.15, -0.1) is 0 Å². The molecule has 0 radical (unpaired) electrons. The molecule has 0 bridgehead atoms. The molecule has 0 aliphatic heterocycles. The lowest BCUT2D eigenvalue weighted by molar-refractivity contribution is -0.118. The second-order valence-corrected chi connectivity index (χ2v) is 4.82. The van der Waals surface area contributed by atoms with E-state index in [1.54, 1.807) is 0 Å². The molecule has 0 aliphatic carbocycles. The quantitative estimate of drug-likeness (QED) is 0.672. The van der Waals surface area contributed by atoms with Gasteiger partial charge in [-0.05, 0) is 18.1 Å². The summed E-state index contributed by atoms with van der Waals surface area (Å²) in [6.45, 7) is 3.64. The Morgan fingerprint density at radius 2 is 2.00 bits per heavy atom. The number of aromatic nitrogens is 2. The van der Waals surface area contributed by atoms with Crippen LogP contribution in [0.1, 0.15) is 13.8 Å². The third kappa shape index (κ3) is 3.05. The lowest BCUT2D eigenvalue weighted by Gasteiger charge is -2.19. The summed E-state index contributed by atoms with van der Waals surface area (Å²) in [6.07, 6.45) is 0. The summed E-state index contributed by atoms with van der Waals surface area (Å²) in [7, 11) is 0. The van der Waals surface area contributed by atoms with Crippen LogP contribution >= 0.6 is 0 Å². The van der Waals surface area contributed by atoms with Crippen LogP contribution in [0.25, 0.3) is 11.0 Å². The van der Waals surface area contributed by atoms with E-state index in [0.717, 1.165) is 11.0 Å². The van der Waals surface area contributed by atoms with Crippen LogP contribution in [0.15, 0.2) is 24.3 Å². The SMILES string of the molecule is CC(C)C(NC(N)=O)C(=O)Nc1nc2ccccc2[nH]1. The van der Waals surface area contributed by atoms with Crippen molar-refractivity contribution in [1.29, 1.82) is 0 Å². The first kappa shape index (κ1) is 13.9. The Hall–Kier alpha value is -2.57. The molecule has 0 fully saturated rings. The summed E-state index contributed by atoms with van der Waals surface area (Å²) in [5.41, 5.74) is 6.65. The van der Waals surface area contributed by atoms with E-state index < -0.39 is 12.1 Å². The molecule has 2 rings (SSSR count). The van der Waals surface area contributed by atoms with Gasteiger partial charge in [0.2, 0.25) is 11.9 Å². The Morgan fingerprint density at radius 1 is 1.30 bits per heavy atom. The number of urea groups is 1. The van der Waals surface area contributed by atoms with E-state index in [9.17, 15) is 9.59 Å². The highest BCUT2D eigenvalue weighted by atomic mass is 16.2. The number of carbonyl (C=O) groups is 2. The van der Waals surface area contributed by atoms with Crippen molar-refractivity contribution in [3.63, 3.8) is 0 Å². The Balaban J connectivity index is 2.14. The van der Waals surface area contributed by atoms with Gasteiger partial charge < -0.3 is 16.0 Å². The maximum atomic E-state index is 12.1. The maximum absolute atomic E-state index is 12.1. The van der Waals surface area contributed by atoms with Gasteiger partial charge in [0.1, 0.15) is 6.04 Å². The minimum absolute atomic E-state index is 0.0909. The molecule has 1 aromatic carbocycles. The number of primary amides is 1. The zero-order valence-corrected chi connectivity index (χ0v) is 11.3. The van der Waals surface area contributed by atoms with Crippen LogP contribution in [0.2, 0.25) is 0 Å². The predicted molar refractivity (Wildman–Crippen MR) is 76.1 cm³/mol. The first-order chi connectivity index (χ1) is 9.47. The number of nitrogens with zero attached hydrogens (tertiary/aromatic N) is 1. The number of amides is 3. The first-order valence-electron chi connectivity index (χ1n) is 6.29. The van der Waals surface area contributed by atoms with Crippen LogP contribution in [-0.2, 0) is 4.79 Å². The van der Waals surface area contributed by atoms with Crippen LogP contribution in [0.4, 0.5) is 10.7 Å². The van der Waals surface area contributed by atoms with Crippen LogP contribution in [0.3, 0.4) is 0 Å². The molecule has 1 atom stereocenters. The largest absolute Gasteiger partial charge is 0.352 e. The van der Waals surface area contributed by atoms with Crippen LogP contribution in [0.5, 0.6) is 0 Å². The van der Waals surface area contributed by atoms with Crippen molar-refractivity contribution in [3.8, 4) is 0 Å². The summed E-state index contributed by atoms with van der Waals surface area (Å²) < 4.78 is 0. The molecule has 0 aliphatic rings. The molecule has 3 amide bonds. The Morgan fingerprint density at radius 3 is 2.60 bits per heavy atom. The van der Waals surface area contributed by atoms with Gasteiger partial charge in [0, 0.05) is 0 Å². The maximum Gasteiger partial charge on any atom is 0.312 e. The summed E-state index contributed by atoms with van der Waals surface area (Å²) in [5, 5.41) is 5.06. The molecule has 2 aromatic rings. The highest BCUT2D eigenvalue weighted by Gasteiger charge is 2.24. The van der Waals surface area contributed by atoms with Gasteiger partial charge in [0.25, 0.3) is 0 Å². The molecule has 106 valence electrons. The van der Waals surface area contributed by atoms with Crippen LogP contribution in [0, 0.1) is 5.92 Å². The first-order valence-corrected chi connectivity index (χ1v) is 6.29. The van der Waals surface area contributed by atoms with E-state index in [1.807, 2.05) is 38.1 Å². The van der Waals surface area contributed by atoms with E-state index in [2.05, 4.69) is 20.6 Å². The predicted octanol–water partition coefficient (Wildman–Crippen LogP) is 1.19. The van der Waals surface area contributed by atoms with Crippen molar-refractivity contribution in [2.24, 2.45) is 11.7 Å². The second-order valence-electron chi connectivity index (χ2n) is 4.82. The topological polar surface area (TPSA) is 113 Å². The Bertz CT molecular complexity index is 601. The van der Waals surface area contributed by atoms with Gasteiger partial charge in [0.15, 0.2) is 0 Å². The molecule has 0 spiro atoms. The van der Waals surface area contributed by atoms with Crippen molar-refractivity contribution < 1.29 is 9.59 Å². The highest BCUT2D eigenvalue weighted by molar-refractivity contribution is 5.96. The Labute approximate surface area is 115 Å². The van der Waals surface area contributed by atoms with Crippen molar-refractivity contribution in [3.05, 3.63) is 24.3 Å². The molecule has 20 heavy (non-hydrogen) atoms. The standard InChI is InChI=1S/C13H17N5O2/c1-7(2)10(17-12(14)20)11(19)18-13-15-8-5-3-4-6-9(8)16-13/h3-7,10H,1-2H3,(H3,14,17,20)(H2,15,16,18,19). The van der Waals surface area contributed by atoms with Gasteiger partial charge in [-0.2, -0.15) is 0 Å². The fourth-order valence-electron chi connectivity index (χ4n) is 1.89. The average Bonchev–Trinajstić information content (AvgIpc) is 2.77. The number of aromatic amines is 1. The number of para-hydroxylation sites is 2. The monoisotopic (exact) mass is 275 g/mol. The number of anilines is 1. The fourth-order valence-corrected chi connectivity index (χ4v) is 1.89.